The van der Waals surface area contributed by atoms with E-state index >= 15 is 0 Å². The van der Waals surface area contributed by atoms with E-state index < -0.39 is 0 Å². The SMILES string of the molecule is O=C(NCCOc1ccc(Cl)cn1)c1ccn(C2CCCNC2)n1. The summed E-state index contributed by atoms with van der Waals surface area (Å²) < 4.78 is 7.30. The maximum absolute atomic E-state index is 12.1. The van der Waals surface area contributed by atoms with Crippen LogP contribution in [0.4, 0.5) is 0 Å². The van der Waals surface area contributed by atoms with Crippen molar-refractivity contribution in [3.63, 3.8) is 0 Å². The minimum absolute atomic E-state index is 0.204. The summed E-state index contributed by atoms with van der Waals surface area (Å²) in [6, 6.07) is 5.45. The Morgan fingerprint density at radius 1 is 1.46 bits per heavy atom. The van der Waals surface area contributed by atoms with E-state index in [9.17, 15) is 4.79 Å². The third kappa shape index (κ3) is 4.46. The molecule has 1 amide bonds. The second-order valence-corrected chi connectivity index (χ2v) is 6.04. The van der Waals surface area contributed by atoms with E-state index in [1.54, 1.807) is 18.2 Å². The molecule has 0 saturated carbocycles. The number of nitrogens with zero attached hydrogens (tertiary/aromatic N) is 3. The normalized spacial score (nSPS) is 17.5. The molecule has 1 atom stereocenters. The van der Waals surface area contributed by atoms with Crippen LogP contribution in [0, 0.1) is 0 Å². The second kappa shape index (κ2) is 8.12. The molecule has 1 aliphatic rings. The Labute approximate surface area is 145 Å². The molecule has 0 spiro atoms. The van der Waals surface area contributed by atoms with E-state index in [0.717, 1.165) is 25.9 Å². The van der Waals surface area contributed by atoms with Crippen LogP contribution in [-0.4, -0.2) is 46.9 Å². The average Bonchev–Trinajstić information content (AvgIpc) is 3.11. The number of pyridine rings is 1. The minimum Gasteiger partial charge on any atom is -0.476 e. The third-order valence-corrected chi connectivity index (χ3v) is 4.05. The number of hydrogen-bond acceptors (Lipinski definition) is 5. The number of aromatic nitrogens is 3. The molecular formula is C16H20ClN5O2. The molecule has 2 N–H and O–H groups in total. The highest BCUT2D eigenvalue weighted by atomic mass is 35.5. The first-order valence-corrected chi connectivity index (χ1v) is 8.38. The van der Waals surface area contributed by atoms with Gasteiger partial charge in [-0.05, 0) is 31.5 Å². The standard InChI is InChI=1S/C16H20ClN5O2/c17-12-3-4-15(20-10-12)24-9-7-19-16(23)14-5-8-22(21-14)13-2-1-6-18-11-13/h3-5,8,10,13,18H,1-2,6-7,9,11H2,(H,19,23). The number of halogens is 1. The van der Waals surface area contributed by atoms with Crippen LogP contribution >= 0.6 is 11.6 Å². The Morgan fingerprint density at radius 3 is 3.12 bits per heavy atom. The van der Waals surface area contributed by atoms with Crippen molar-refractivity contribution in [3.05, 3.63) is 41.3 Å². The molecule has 0 aromatic carbocycles. The fraction of sp³-hybridized carbons (Fsp3) is 0.438. The first-order chi connectivity index (χ1) is 11.7. The van der Waals surface area contributed by atoms with Gasteiger partial charge in [-0.1, -0.05) is 11.6 Å². The topological polar surface area (TPSA) is 81.1 Å². The Kier molecular flexibility index (Phi) is 5.66. The lowest BCUT2D eigenvalue weighted by Crippen LogP contribution is -2.32. The predicted molar refractivity (Wildman–Crippen MR) is 90.4 cm³/mol. The average molecular weight is 350 g/mol. The molecule has 24 heavy (non-hydrogen) atoms. The molecule has 2 aromatic rings. The Hall–Kier alpha value is -2.12. The van der Waals surface area contributed by atoms with Crippen molar-refractivity contribution in [2.24, 2.45) is 0 Å². The highest BCUT2D eigenvalue weighted by Gasteiger charge is 2.17. The molecule has 7 nitrogen and oxygen atoms in total. The maximum Gasteiger partial charge on any atom is 0.271 e. The molecular weight excluding hydrogens is 330 g/mol. The van der Waals surface area contributed by atoms with Crippen LogP contribution in [-0.2, 0) is 0 Å². The van der Waals surface area contributed by atoms with E-state index in [1.807, 2.05) is 10.9 Å². The molecule has 0 bridgehead atoms. The second-order valence-electron chi connectivity index (χ2n) is 5.60. The summed E-state index contributed by atoms with van der Waals surface area (Å²) in [5, 5.41) is 11.1. The predicted octanol–water partition coefficient (Wildman–Crippen LogP) is 1.66. The molecule has 3 rings (SSSR count). The smallest absolute Gasteiger partial charge is 0.271 e. The van der Waals surface area contributed by atoms with Crippen molar-refractivity contribution >= 4 is 17.5 Å². The van der Waals surface area contributed by atoms with Gasteiger partial charge in [0.15, 0.2) is 0 Å². The van der Waals surface area contributed by atoms with Crippen molar-refractivity contribution in [2.45, 2.75) is 18.9 Å². The molecule has 1 saturated heterocycles. The number of nitrogens with one attached hydrogen (secondary N) is 2. The summed E-state index contributed by atoms with van der Waals surface area (Å²) >= 11 is 5.75. The van der Waals surface area contributed by atoms with Gasteiger partial charge in [0.1, 0.15) is 12.3 Å². The maximum atomic E-state index is 12.1. The largest absolute Gasteiger partial charge is 0.476 e. The lowest BCUT2D eigenvalue weighted by Gasteiger charge is -2.22. The zero-order valence-electron chi connectivity index (χ0n) is 13.2. The fourth-order valence-corrected chi connectivity index (χ4v) is 2.69. The first-order valence-electron chi connectivity index (χ1n) is 8.01. The quantitative estimate of drug-likeness (QED) is 0.775. The van der Waals surface area contributed by atoms with E-state index in [-0.39, 0.29) is 5.91 Å². The number of piperidine rings is 1. The van der Waals surface area contributed by atoms with Gasteiger partial charge in [0.25, 0.3) is 5.91 Å². The highest BCUT2D eigenvalue weighted by Crippen LogP contribution is 2.15. The van der Waals surface area contributed by atoms with Crippen LogP contribution in [0.2, 0.25) is 5.02 Å². The van der Waals surface area contributed by atoms with Crippen molar-refractivity contribution < 1.29 is 9.53 Å². The van der Waals surface area contributed by atoms with Gasteiger partial charge in [-0.3, -0.25) is 9.48 Å². The number of carbonyl (C=O) groups excluding carboxylic acids is 1. The van der Waals surface area contributed by atoms with Crippen molar-refractivity contribution in [1.82, 2.24) is 25.4 Å². The van der Waals surface area contributed by atoms with E-state index in [2.05, 4.69) is 20.7 Å². The van der Waals surface area contributed by atoms with E-state index in [1.165, 1.54) is 6.20 Å². The molecule has 0 radical (unpaired) electrons. The Balaban J connectivity index is 1.43. The Bertz CT molecular complexity index is 667. The first kappa shape index (κ1) is 16.7. The van der Waals surface area contributed by atoms with Gasteiger partial charge >= 0.3 is 0 Å². The monoisotopic (exact) mass is 349 g/mol. The summed E-state index contributed by atoms with van der Waals surface area (Å²) in [5.41, 5.74) is 0.421. The summed E-state index contributed by atoms with van der Waals surface area (Å²) in [4.78, 5) is 16.1. The van der Waals surface area contributed by atoms with Gasteiger partial charge in [0.05, 0.1) is 17.6 Å². The summed E-state index contributed by atoms with van der Waals surface area (Å²) in [5.74, 6) is 0.271. The molecule has 1 unspecified atom stereocenters. The van der Waals surface area contributed by atoms with Crippen LogP contribution in [0.3, 0.4) is 0 Å². The van der Waals surface area contributed by atoms with E-state index in [0.29, 0.717) is 35.8 Å². The summed E-state index contributed by atoms with van der Waals surface area (Å²) in [6.45, 7) is 2.65. The molecule has 2 aromatic heterocycles. The number of carbonyl (C=O) groups is 1. The van der Waals surface area contributed by atoms with Gasteiger partial charge < -0.3 is 15.4 Å². The summed E-state index contributed by atoms with van der Waals surface area (Å²) in [6.07, 6.45) is 5.59. The van der Waals surface area contributed by atoms with Crippen LogP contribution in [0.5, 0.6) is 5.88 Å². The van der Waals surface area contributed by atoms with Crippen molar-refractivity contribution in [3.8, 4) is 5.88 Å². The van der Waals surface area contributed by atoms with Gasteiger partial charge in [-0.15, -0.1) is 0 Å². The van der Waals surface area contributed by atoms with Crippen molar-refractivity contribution in [2.75, 3.05) is 26.2 Å². The molecule has 8 heteroatoms. The molecule has 3 heterocycles. The lowest BCUT2D eigenvalue weighted by molar-refractivity contribution is 0.0940. The van der Waals surface area contributed by atoms with Gasteiger partial charge in [0.2, 0.25) is 5.88 Å². The zero-order chi connectivity index (χ0) is 16.8. The lowest BCUT2D eigenvalue weighted by atomic mass is 10.1. The molecule has 1 aliphatic heterocycles. The third-order valence-electron chi connectivity index (χ3n) is 3.82. The van der Waals surface area contributed by atoms with Crippen molar-refractivity contribution in [1.29, 1.82) is 0 Å². The number of rotatable bonds is 6. The van der Waals surface area contributed by atoms with E-state index in [4.69, 9.17) is 16.3 Å². The fourth-order valence-electron chi connectivity index (χ4n) is 2.58. The van der Waals surface area contributed by atoms with Gasteiger partial charge in [0, 0.05) is 25.0 Å². The Morgan fingerprint density at radius 2 is 2.38 bits per heavy atom. The zero-order valence-corrected chi connectivity index (χ0v) is 14.0. The minimum atomic E-state index is -0.204. The van der Waals surface area contributed by atoms with Crippen LogP contribution in [0.1, 0.15) is 29.4 Å². The van der Waals surface area contributed by atoms with Crippen LogP contribution in [0.15, 0.2) is 30.6 Å². The highest BCUT2D eigenvalue weighted by molar-refractivity contribution is 6.30. The molecule has 1 fully saturated rings. The van der Waals surface area contributed by atoms with Gasteiger partial charge in [-0.2, -0.15) is 5.10 Å². The van der Waals surface area contributed by atoms with Gasteiger partial charge in [-0.25, -0.2) is 4.98 Å². The van der Waals surface area contributed by atoms with Crippen LogP contribution < -0.4 is 15.4 Å². The number of amides is 1. The summed E-state index contributed by atoms with van der Waals surface area (Å²) in [7, 11) is 0. The number of hydrogen-bond donors (Lipinski definition) is 2. The number of ether oxygens (including phenoxy) is 1. The molecule has 128 valence electrons. The molecule has 0 aliphatic carbocycles. The van der Waals surface area contributed by atoms with Crippen LogP contribution in [0.25, 0.3) is 0 Å².